The van der Waals surface area contributed by atoms with Crippen LogP contribution in [0, 0.1) is 6.92 Å². The molecule has 0 bridgehead atoms. The molecule has 3 aromatic carbocycles. The monoisotopic (exact) mass is 521 g/mol. The predicted molar refractivity (Wildman–Crippen MR) is 139 cm³/mol. The van der Waals surface area contributed by atoms with Crippen molar-refractivity contribution in [3.05, 3.63) is 101 Å². The summed E-state index contributed by atoms with van der Waals surface area (Å²) in [6.45, 7) is 2.25. The van der Waals surface area contributed by atoms with Crippen molar-refractivity contribution in [1.82, 2.24) is 15.5 Å². The molecule has 0 saturated heterocycles. The SMILES string of the molecule is Cc1cccc(C(=O)Nc2nnc(S(=O)(=O)Nc3ccccc3C(=O)NCCc3ccccc3)s2)c1. The molecule has 1 heterocycles. The fraction of sp³-hybridized carbons (Fsp3) is 0.120. The first-order valence-corrected chi connectivity index (χ1v) is 13.3. The zero-order valence-corrected chi connectivity index (χ0v) is 20.9. The number of carbonyl (C=O) groups excluding carboxylic acids is 2. The van der Waals surface area contributed by atoms with Crippen molar-refractivity contribution >= 4 is 44.0 Å². The van der Waals surface area contributed by atoms with Crippen molar-refractivity contribution in [3.63, 3.8) is 0 Å². The molecule has 0 aliphatic rings. The molecule has 184 valence electrons. The van der Waals surface area contributed by atoms with Gasteiger partial charge in [0.05, 0.1) is 11.3 Å². The zero-order chi connectivity index (χ0) is 25.5. The first-order chi connectivity index (χ1) is 17.3. The van der Waals surface area contributed by atoms with Gasteiger partial charge in [0.15, 0.2) is 0 Å². The Morgan fingerprint density at radius 1 is 0.889 bits per heavy atom. The molecule has 0 unspecified atom stereocenters. The van der Waals surface area contributed by atoms with E-state index in [9.17, 15) is 18.0 Å². The van der Waals surface area contributed by atoms with Gasteiger partial charge < -0.3 is 5.32 Å². The number of nitrogens with one attached hydrogen (secondary N) is 3. The average molecular weight is 522 g/mol. The molecule has 0 saturated carbocycles. The molecular formula is C25H23N5O4S2. The van der Waals surface area contributed by atoms with E-state index in [4.69, 9.17) is 0 Å². The molecule has 9 nitrogen and oxygen atoms in total. The van der Waals surface area contributed by atoms with Gasteiger partial charge in [0, 0.05) is 12.1 Å². The lowest BCUT2D eigenvalue weighted by atomic mass is 10.1. The number of aryl methyl sites for hydroxylation is 1. The van der Waals surface area contributed by atoms with Crippen molar-refractivity contribution in [1.29, 1.82) is 0 Å². The van der Waals surface area contributed by atoms with Crippen molar-refractivity contribution in [2.24, 2.45) is 0 Å². The van der Waals surface area contributed by atoms with E-state index in [-0.39, 0.29) is 20.7 Å². The lowest BCUT2D eigenvalue weighted by Gasteiger charge is -2.11. The van der Waals surface area contributed by atoms with Crippen LogP contribution in [0.25, 0.3) is 0 Å². The third kappa shape index (κ3) is 6.32. The summed E-state index contributed by atoms with van der Waals surface area (Å²) in [7, 11) is -4.16. The van der Waals surface area contributed by atoms with Crippen LogP contribution in [0.1, 0.15) is 31.8 Å². The van der Waals surface area contributed by atoms with Gasteiger partial charge in [-0.15, -0.1) is 10.2 Å². The molecule has 11 heteroatoms. The highest BCUT2D eigenvalue weighted by atomic mass is 32.2. The minimum Gasteiger partial charge on any atom is -0.352 e. The van der Waals surface area contributed by atoms with Gasteiger partial charge in [0.25, 0.3) is 26.2 Å². The van der Waals surface area contributed by atoms with Crippen LogP contribution in [-0.4, -0.2) is 37.0 Å². The lowest BCUT2D eigenvalue weighted by molar-refractivity contribution is 0.0954. The van der Waals surface area contributed by atoms with Gasteiger partial charge in [0.1, 0.15) is 0 Å². The fourth-order valence-corrected chi connectivity index (χ4v) is 5.32. The molecule has 36 heavy (non-hydrogen) atoms. The first kappa shape index (κ1) is 25.0. The van der Waals surface area contributed by atoms with E-state index in [2.05, 4.69) is 25.6 Å². The Morgan fingerprint density at radius 3 is 2.42 bits per heavy atom. The highest BCUT2D eigenvalue weighted by Crippen LogP contribution is 2.25. The Morgan fingerprint density at radius 2 is 1.64 bits per heavy atom. The van der Waals surface area contributed by atoms with Crippen LogP contribution in [0.5, 0.6) is 0 Å². The summed E-state index contributed by atoms with van der Waals surface area (Å²) in [5, 5.41) is 12.9. The minimum absolute atomic E-state index is 0.0359. The molecule has 0 fully saturated rings. The van der Waals surface area contributed by atoms with E-state index in [1.165, 1.54) is 12.1 Å². The normalized spacial score (nSPS) is 11.0. The van der Waals surface area contributed by atoms with Crippen molar-refractivity contribution < 1.29 is 18.0 Å². The van der Waals surface area contributed by atoms with E-state index in [0.717, 1.165) is 11.1 Å². The fourth-order valence-electron chi connectivity index (χ4n) is 3.34. The molecule has 0 aliphatic heterocycles. The average Bonchev–Trinajstić information content (AvgIpc) is 3.34. The van der Waals surface area contributed by atoms with Crippen molar-refractivity contribution in [2.45, 2.75) is 17.7 Å². The van der Waals surface area contributed by atoms with E-state index < -0.39 is 21.8 Å². The van der Waals surface area contributed by atoms with Gasteiger partial charge in [-0.3, -0.25) is 19.6 Å². The largest absolute Gasteiger partial charge is 0.352 e. The molecule has 2 amide bonds. The Bertz CT molecular complexity index is 1490. The second-order valence-corrected chi connectivity index (χ2v) is 10.7. The maximum absolute atomic E-state index is 12.9. The molecule has 1 aromatic heterocycles. The quantitative estimate of drug-likeness (QED) is 0.287. The number of sulfonamides is 1. The number of rotatable bonds is 9. The summed E-state index contributed by atoms with van der Waals surface area (Å²) in [6.07, 6.45) is 0.641. The summed E-state index contributed by atoms with van der Waals surface area (Å²) in [5.74, 6) is -0.836. The number of amides is 2. The van der Waals surface area contributed by atoms with E-state index in [1.54, 1.807) is 30.3 Å². The van der Waals surface area contributed by atoms with E-state index in [0.29, 0.717) is 29.9 Å². The number of benzene rings is 3. The molecule has 4 aromatic rings. The molecular weight excluding hydrogens is 498 g/mol. The van der Waals surface area contributed by atoms with E-state index in [1.807, 2.05) is 43.3 Å². The molecule has 4 rings (SSSR count). The third-order valence-corrected chi connectivity index (χ3v) is 7.67. The van der Waals surface area contributed by atoms with Gasteiger partial charge in [0.2, 0.25) is 5.13 Å². The van der Waals surface area contributed by atoms with E-state index >= 15 is 0 Å². The number of aromatic nitrogens is 2. The van der Waals surface area contributed by atoms with Gasteiger partial charge in [-0.25, -0.2) is 0 Å². The van der Waals surface area contributed by atoms with Crippen molar-refractivity contribution in [3.8, 4) is 0 Å². The second-order valence-electron chi connectivity index (χ2n) is 7.84. The van der Waals surface area contributed by atoms with Gasteiger partial charge in [-0.05, 0) is 43.2 Å². The smallest absolute Gasteiger partial charge is 0.291 e. The number of nitrogens with zero attached hydrogens (tertiary/aromatic N) is 2. The Balaban J connectivity index is 1.43. The first-order valence-electron chi connectivity index (χ1n) is 11.0. The predicted octanol–water partition coefficient (Wildman–Crippen LogP) is 3.87. The Labute approximate surface area is 212 Å². The van der Waals surface area contributed by atoms with Crippen LogP contribution in [0.15, 0.2) is 83.2 Å². The van der Waals surface area contributed by atoms with Crippen LogP contribution in [0.3, 0.4) is 0 Å². The summed E-state index contributed by atoms with van der Waals surface area (Å²) < 4.78 is 27.9. The molecule has 0 spiro atoms. The maximum atomic E-state index is 12.9. The van der Waals surface area contributed by atoms with Crippen LogP contribution in [0.2, 0.25) is 0 Å². The topological polar surface area (TPSA) is 130 Å². The molecule has 0 radical (unpaired) electrons. The summed E-state index contributed by atoms with van der Waals surface area (Å²) in [5.41, 5.74) is 2.69. The Hall–Kier alpha value is -4.09. The van der Waals surface area contributed by atoms with Crippen molar-refractivity contribution in [2.75, 3.05) is 16.6 Å². The summed E-state index contributed by atoms with van der Waals surface area (Å²) >= 11 is 0.707. The number of anilines is 2. The van der Waals surface area contributed by atoms with Crippen LogP contribution in [0.4, 0.5) is 10.8 Å². The zero-order valence-electron chi connectivity index (χ0n) is 19.3. The standard InChI is InChI=1S/C25H23N5O4S2/c1-17-8-7-11-19(16-17)22(31)27-24-28-29-25(35-24)36(33,34)30-21-13-6-5-12-20(21)23(32)26-15-14-18-9-3-2-4-10-18/h2-13,16,30H,14-15H2,1H3,(H,26,32)(H,27,28,31). The summed E-state index contributed by atoms with van der Waals surface area (Å²) in [6, 6.07) is 22.9. The van der Waals surface area contributed by atoms with Crippen LogP contribution >= 0.6 is 11.3 Å². The second kappa shape index (κ2) is 11.1. The molecule has 3 N–H and O–H groups in total. The van der Waals surface area contributed by atoms with Crippen LogP contribution in [-0.2, 0) is 16.4 Å². The number of para-hydroxylation sites is 1. The molecule has 0 atom stereocenters. The molecule has 0 aliphatic carbocycles. The number of hydrogen-bond acceptors (Lipinski definition) is 7. The third-order valence-electron chi connectivity index (χ3n) is 5.10. The summed E-state index contributed by atoms with van der Waals surface area (Å²) in [4.78, 5) is 25.2. The highest BCUT2D eigenvalue weighted by molar-refractivity contribution is 7.94. The number of hydrogen-bond donors (Lipinski definition) is 3. The van der Waals surface area contributed by atoms with Crippen LogP contribution < -0.4 is 15.4 Å². The number of carbonyl (C=O) groups is 2. The highest BCUT2D eigenvalue weighted by Gasteiger charge is 2.23. The maximum Gasteiger partial charge on any atom is 0.291 e. The lowest BCUT2D eigenvalue weighted by Crippen LogP contribution is -2.27. The van der Waals surface area contributed by atoms with Gasteiger partial charge >= 0.3 is 0 Å². The minimum atomic E-state index is -4.16. The van der Waals surface area contributed by atoms with Gasteiger partial charge in [-0.2, -0.15) is 8.42 Å². The van der Waals surface area contributed by atoms with Gasteiger partial charge in [-0.1, -0.05) is 71.5 Å². The Kier molecular flexibility index (Phi) is 7.71.